The summed E-state index contributed by atoms with van der Waals surface area (Å²) in [6.45, 7) is 3.57. The molecule has 2 rings (SSSR count). The molecule has 0 aliphatic carbocycles. The Balaban J connectivity index is 2.13. The average molecular weight is 249 g/mol. The van der Waals surface area contributed by atoms with Gasteiger partial charge >= 0.3 is 0 Å². The molecule has 0 aliphatic rings. The van der Waals surface area contributed by atoms with Crippen LogP contribution in [0.5, 0.6) is 0 Å². The van der Waals surface area contributed by atoms with Crippen molar-refractivity contribution in [2.45, 2.75) is 19.9 Å². The highest BCUT2D eigenvalue weighted by Crippen LogP contribution is 2.19. The van der Waals surface area contributed by atoms with Gasteiger partial charge in [-0.1, -0.05) is 12.1 Å². The molecule has 0 radical (unpaired) electrons. The maximum Gasteiger partial charge on any atom is 0.223 e. The predicted molar refractivity (Wildman–Crippen MR) is 65.2 cm³/mol. The third kappa shape index (κ3) is 2.80. The maximum atomic E-state index is 13.4. The molecule has 0 saturated heterocycles. The molecule has 1 atom stereocenters. The number of rotatable bonds is 3. The zero-order valence-electron chi connectivity index (χ0n) is 10.1. The van der Waals surface area contributed by atoms with Crippen molar-refractivity contribution < 1.29 is 8.78 Å². The minimum Gasteiger partial charge on any atom is -0.348 e. The van der Waals surface area contributed by atoms with Crippen LogP contribution in [0.3, 0.4) is 0 Å². The number of halogens is 2. The molecule has 0 amide bonds. The average Bonchev–Trinajstić information content (AvgIpc) is 2.35. The number of aryl methyl sites for hydroxylation is 1. The summed E-state index contributed by atoms with van der Waals surface area (Å²) in [5, 5.41) is 2.98. The second-order valence-electron chi connectivity index (χ2n) is 4.10. The van der Waals surface area contributed by atoms with Crippen LogP contribution < -0.4 is 5.32 Å². The highest BCUT2D eigenvalue weighted by atomic mass is 19.1. The zero-order chi connectivity index (χ0) is 13.1. The first-order valence-electron chi connectivity index (χ1n) is 5.56. The molecular weight excluding hydrogens is 236 g/mol. The Morgan fingerprint density at radius 1 is 1.17 bits per heavy atom. The van der Waals surface area contributed by atoms with Gasteiger partial charge in [0, 0.05) is 0 Å². The first-order chi connectivity index (χ1) is 8.56. The molecule has 2 aromatic rings. The van der Waals surface area contributed by atoms with E-state index in [-0.39, 0.29) is 11.9 Å². The number of nitrogens with one attached hydrogen (secondary N) is 1. The zero-order valence-corrected chi connectivity index (χ0v) is 10.1. The highest BCUT2D eigenvalue weighted by Gasteiger charge is 2.09. The fraction of sp³-hybridized carbons (Fsp3) is 0.231. The molecule has 0 saturated carbocycles. The van der Waals surface area contributed by atoms with Crippen LogP contribution in [-0.4, -0.2) is 9.97 Å². The van der Waals surface area contributed by atoms with Gasteiger partial charge in [0.2, 0.25) is 5.95 Å². The van der Waals surface area contributed by atoms with Crippen LogP contribution in [0.25, 0.3) is 0 Å². The van der Waals surface area contributed by atoms with Crippen molar-refractivity contribution in [3.05, 3.63) is 53.4 Å². The van der Waals surface area contributed by atoms with E-state index in [0.717, 1.165) is 18.0 Å². The normalized spacial score (nSPS) is 12.2. The van der Waals surface area contributed by atoms with Crippen molar-refractivity contribution in [2.75, 3.05) is 5.32 Å². The molecule has 1 aromatic carbocycles. The first-order valence-corrected chi connectivity index (χ1v) is 5.56. The quantitative estimate of drug-likeness (QED) is 0.907. The highest BCUT2D eigenvalue weighted by molar-refractivity contribution is 5.32. The molecule has 1 heterocycles. The second-order valence-corrected chi connectivity index (χ2v) is 4.10. The number of nitrogens with zero attached hydrogens (tertiary/aromatic N) is 2. The van der Waals surface area contributed by atoms with Gasteiger partial charge < -0.3 is 5.32 Å². The van der Waals surface area contributed by atoms with Gasteiger partial charge in [-0.15, -0.1) is 0 Å². The van der Waals surface area contributed by atoms with Gasteiger partial charge in [0.15, 0.2) is 5.82 Å². The smallest absolute Gasteiger partial charge is 0.223 e. The standard InChI is InChI=1S/C13H13F2N3/c1-8-3-4-10(5-12(8)15)9(2)18-13-16-6-11(14)7-17-13/h3-7,9H,1-2H3,(H,16,17,18). The van der Waals surface area contributed by atoms with E-state index in [1.165, 1.54) is 6.07 Å². The predicted octanol–water partition coefficient (Wildman–Crippen LogP) is 3.24. The summed E-state index contributed by atoms with van der Waals surface area (Å²) >= 11 is 0. The van der Waals surface area contributed by atoms with E-state index in [9.17, 15) is 8.78 Å². The summed E-state index contributed by atoms with van der Waals surface area (Å²) in [7, 11) is 0. The Bertz CT molecular complexity index is 540. The Kier molecular flexibility index (Phi) is 3.50. The number of anilines is 1. The van der Waals surface area contributed by atoms with Crippen LogP contribution in [0.2, 0.25) is 0 Å². The van der Waals surface area contributed by atoms with Crippen molar-refractivity contribution in [2.24, 2.45) is 0 Å². The molecule has 0 aliphatic heterocycles. The van der Waals surface area contributed by atoms with Crippen molar-refractivity contribution in [1.29, 1.82) is 0 Å². The summed E-state index contributed by atoms with van der Waals surface area (Å²) in [5.41, 5.74) is 1.38. The van der Waals surface area contributed by atoms with Crippen LogP contribution in [0.1, 0.15) is 24.1 Å². The van der Waals surface area contributed by atoms with E-state index in [0.29, 0.717) is 11.5 Å². The third-order valence-corrected chi connectivity index (χ3v) is 2.66. The molecule has 0 spiro atoms. The van der Waals surface area contributed by atoms with Crippen molar-refractivity contribution >= 4 is 5.95 Å². The van der Waals surface area contributed by atoms with Gasteiger partial charge in [-0.25, -0.2) is 18.7 Å². The van der Waals surface area contributed by atoms with E-state index in [2.05, 4.69) is 15.3 Å². The monoisotopic (exact) mass is 249 g/mol. The van der Waals surface area contributed by atoms with Crippen molar-refractivity contribution in [1.82, 2.24) is 9.97 Å². The first kappa shape index (κ1) is 12.4. The Morgan fingerprint density at radius 3 is 2.44 bits per heavy atom. The van der Waals surface area contributed by atoms with E-state index < -0.39 is 5.82 Å². The molecule has 1 aromatic heterocycles. The van der Waals surface area contributed by atoms with Crippen LogP contribution in [-0.2, 0) is 0 Å². The van der Waals surface area contributed by atoms with Crippen LogP contribution in [0.15, 0.2) is 30.6 Å². The molecular formula is C13H13F2N3. The van der Waals surface area contributed by atoms with Crippen LogP contribution in [0.4, 0.5) is 14.7 Å². The minimum atomic E-state index is -0.491. The lowest BCUT2D eigenvalue weighted by molar-refractivity contribution is 0.611. The van der Waals surface area contributed by atoms with Gasteiger partial charge in [-0.3, -0.25) is 0 Å². The molecule has 18 heavy (non-hydrogen) atoms. The number of hydrogen-bond acceptors (Lipinski definition) is 3. The van der Waals surface area contributed by atoms with Crippen LogP contribution >= 0.6 is 0 Å². The molecule has 0 fully saturated rings. The summed E-state index contributed by atoms with van der Waals surface area (Å²) in [4.78, 5) is 7.59. The number of aromatic nitrogens is 2. The molecule has 94 valence electrons. The second kappa shape index (κ2) is 5.08. The summed E-state index contributed by atoms with van der Waals surface area (Å²) in [6, 6.07) is 4.86. The Morgan fingerprint density at radius 2 is 1.83 bits per heavy atom. The fourth-order valence-corrected chi connectivity index (χ4v) is 1.54. The molecule has 5 heteroatoms. The molecule has 3 nitrogen and oxygen atoms in total. The summed E-state index contributed by atoms with van der Waals surface area (Å²) in [5.74, 6) is -0.430. The lowest BCUT2D eigenvalue weighted by atomic mass is 10.1. The van der Waals surface area contributed by atoms with Crippen molar-refractivity contribution in [3.8, 4) is 0 Å². The molecule has 1 N–H and O–H groups in total. The number of benzene rings is 1. The van der Waals surface area contributed by atoms with Gasteiger partial charge in [0.25, 0.3) is 0 Å². The molecule has 0 bridgehead atoms. The van der Waals surface area contributed by atoms with E-state index >= 15 is 0 Å². The van der Waals surface area contributed by atoms with E-state index in [1.54, 1.807) is 13.0 Å². The lowest BCUT2D eigenvalue weighted by Crippen LogP contribution is -2.09. The lowest BCUT2D eigenvalue weighted by Gasteiger charge is -2.14. The van der Waals surface area contributed by atoms with Crippen molar-refractivity contribution in [3.63, 3.8) is 0 Å². The van der Waals surface area contributed by atoms with E-state index in [4.69, 9.17) is 0 Å². The summed E-state index contributed by atoms with van der Waals surface area (Å²) < 4.78 is 26.1. The third-order valence-electron chi connectivity index (χ3n) is 2.66. The van der Waals surface area contributed by atoms with Gasteiger partial charge in [-0.2, -0.15) is 0 Å². The fourth-order valence-electron chi connectivity index (χ4n) is 1.54. The molecule has 1 unspecified atom stereocenters. The van der Waals surface area contributed by atoms with Gasteiger partial charge in [0.05, 0.1) is 18.4 Å². The Labute approximate surface area is 104 Å². The number of hydrogen-bond donors (Lipinski definition) is 1. The maximum absolute atomic E-state index is 13.4. The van der Waals surface area contributed by atoms with E-state index in [1.807, 2.05) is 13.0 Å². The van der Waals surface area contributed by atoms with Gasteiger partial charge in [0.1, 0.15) is 5.82 Å². The Hall–Kier alpha value is -2.04. The topological polar surface area (TPSA) is 37.8 Å². The largest absolute Gasteiger partial charge is 0.348 e. The van der Waals surface area contributed by atoms with Gasteiger partial charge in [-0.05, 0) is 31.0 Å². The SMILES string of the molecule is Cc1ccc(C(C)Nc2ncc(F)cn2)cc1F. The van der Waals surface area contributed by atoms with Crippen LogP contribution in [0, 0.1) is 18.6 Å². The minimum absolute atomic E-state index is 0.162. The summed E-state index contributed by atoms with van der Waals surface area (Å²) in [6.07, 6.45) is 2.16.